The molecule has 0 aromatic heterocycles. The van der Waals surface area contributed by atoms with Gasteiger partial charge < -0.3 is 14.6 Å². The fourth-order valence-corrected chi connectivity index (χ4v) is 3.50. The molecule has 1 rings (SSSR count). The van der Waals surface area contributed by atoms with Crippen molar-refractivity contribution < 1.29 is 24.2 Å². The number of hydrogen-bond donors (Lipinski definition) is 1. The quantitative estimate of drug-likeness (QED) is 0.749. The van der Waals surface area contributed by atoms with Gasteiger partial charge in [0.05, 0.1) is 26.1 Å². The van der Waals surface area contributed by atoms with Crippen LogP contribution in [0.5, 0.6) is 0 Å². The molecule has 1 N–H and O–H groups in total. The van der Waals surface area contributed by atoms with Gasteiger partial charge in [0.15, 0.2) is 0 Å². The summed E-state index contributed by atoms with van der Waals surface area (Å²) >= 11 is 0. The van der Waals surface area contributed by atoms with Crippen LogP contribution in [0.2, 0.25) is 0 Å². The van der Waals surface area contributed by atoms with Crippen LogP contribution in [-0.4, -0.2) is 59.4 Å². The molecule has 1 saturated heterocycles. The molecule has 128 valence electrons. The van der Waals surface area contributed by atoms with Crippen molar-refractivity contribution in [1.82, 2.24) is 4.90 Å². The summed E-state index contributed by atoms with van der Waals surface area (Å²) in [5.41, 5.74) is -0.306. The molecule has 22 heavy (non-hydrogen) atoms. The van der Waals surface area contributed by atoms with E-state index in [4.69, 9.17) is 4.74 Å². The average molecular weight is 315 g/mol. The Morgan fingerprint density at radius 2 is 1.59 bits per heavy atom. The molecule has 0 amide bonds. The summed E-state index contributed by atoms with van der Waals surface area (Å²) < 4.78 is 9.69. The Balaban J connectivity index is 2.45. The number of esters is 2. The Kier molecular flexibility index (Phi) is 6.38. The van der Waals surface area contributed by atoms with Crippen LogP contribution in [0, 0.1) is 0 Å². The monoisotopic (exact) mass is 315 g/mol. The number of aliphatic hydroxyl groups excluding tert-OH is 1. The lowest BCUT2D eigenvalue weighted by atomic mass is 9.78. The standard InChI is InChI=1S/C16H29NO5/c1-15(2)10-12(18)11-16(3,4)17(15)8-9-22-14(20)7-6-13(19)21-5/h12,18H,6-11H2,1-5H3. The van der Waals surface area contributed by atoms with Gasteiger partial charge in [-0.25, -0.2) is 0 Å². The maximum absolute atomic E-state index is 11.6. The summed E-state index contributed by atoms with van der Waals surface area (Å²) in [6.07, 6.45) is 1.18. The van der Waals surface area contributed by atoms with Crippen LogP contribution >= 0.6 is 0 Å². The van der Waals surface area contributed by atoms with Crippen molar-refractivity contribution in [3.05, 3.63) is 0 Å². The zero-order valence-corrected chi connectivity index (χ0v) is 14.3. The Morgan fingerprint density at radius 3 is 2.09 bits per heavy atom. The number of rotatable bonds is 6. The predicted molar refractivity (Wildman–Crippen MR) is 82.3 cm³/mol. The van der Waals surface area contributed by atoms with Gasteiger partial charge in [-0.15, -0.1) is 0 Å². The SMILES string of the molecule is COC(=O)CCC(=O)OCCN1C(C)(C)CC(O)CC1(C)C. The van der Waals surface area contributed by atoms with E-state index in [2.05, 4.69) is 37.3 Å². The van der Waals surface area contributed by atoms with Gasteiger partial charge in [0.25, 0.3) is 0 Å². The van der Waals surface area contributed by atoms with Crippen molar-refractivity contribution in [1.29, 1.82) is 0 Å². The first-order chi connectivity index (χ1) is 10.1. The summed E-state index contributed by atoms with van der Waals surface area (Å²) in [7, 11) is 1.29. The van der Waals surface area contributed by atoms with Gasteiger partial charge in [-0.2, -0.15) is 0 Å². The molecule has 1 aliphatic heterocycles. The fourth-order valence-electron chi connectivity index (χ4n) is 3.50. The Bertz CT molecular complexity index is 387. The number of piperidine rings is 1. The van der Waals surface area contributed by atoms with E-state index < -0.39 is 11.9 Å². The lowest BCUT2D eigenvalue weighted by Gasteiger charge is -2.54. The Hall–Kier alpha value is -1.14. The fraction of sp³-hybridized carbons (Fsp3) is 0.875. The van der Waals surface area contributed by atoms with Crippen molar-refractivity contribution in [2.24, 2.45) is 0 Å². The highest BCUT2D eigenvalue weighted by molar-refractivity contribution is 5.77. The smallest absolute Gasteiger partial charge is 0.306 e. The van der Waals surface area contributed by atoms with Crippen molar-refractivity contribution in [2.45, 2.75) is 70.6 Å². The third-order valence-electron chi connectivity index (χ3n) is 4.27. The van der Waals surface area contributed by atoms with Gasteiger partial charge in [-0.1, -0.05) is 0 Å². The molecule has 0 aromatic rings. The molecular weight excluding hydrogens is 286 g/mol. The van der Waals surface area contributed by atoms with Crippen molar-refractivity contribution >= 4 is 11.9 Å². The van der Waals surface area contributed by atoms with E-state index in [0.717, 1.165) is 0 Å². The molecule has 0 aromatic carbocycles. The molecule has 0 bridgehead atoms. The van der Waals surface area contributed by atoms with Gasteiger partial charge >= 0.3 is 11.9 Å². The number of aliphatic hydroxyl groups is 1. The summed E-state index contributed by atoms with van der Waals surface area (Å²) in [5.74, 6) is -0.803. The highest BCUT2D eigenvalue weighted by Gasteiger charge is 2.44. The highest BCUT2D eigenvalue weighted by atomic mass is 16.5. The summed E-state index contributed by atoms with van der Waals surface area (Å²) in [4.78, 5) is 24.8. The molecule has 0 radical (unpaired) electrons. The first-order valence-electron chi connectivity index (χ1n) is 7.77. The van der Waals surface area contributed by atoms with E-state index in [-0.39, 0.29) is 36.6 Å². The summed E-state index contributed by atoms with van der Waals surface area (Å²) in [6, 6.07) is 0. The van der Waals surface area contributed by atoms with Crippen LogP contribution in [0.1, 0.15) is 53.4 Å². The molecule has 0 atom stereocenters. The third-order valence-corrected chi connectivity index (χ3v) is 4.27. The summed E-state index contributed by atoms with van der Waals surface area (Å²) in [6.45, 7) is 9.26. The molecule has 1 fully saturated rings. The first-order valence-corrected chi connectivity index (χ1v) is 7.77. The zero-order valence-electron chi connectivity index (χ0n) is 14.3. The van der Waals surface area contributed by atoms with Gasteiger partial charge in [0.1, 0.15) is 6.61 Å². The van der Waals surface area contributed by atoms with Crippen LogP contribution in [0.4, 0.5) is 0 Å². The van der Waals surface area contributed by atoms with E-state index in [0.29, 0.717) is 19.4 Å². The lowest BCUT2D eigenvalue weighted by Crippen LogP contribution is -2.62. The second-order valence-electron chi connectivity index (χ2n) is 7.14. The minimum absolute atomic E-state index is 0.0399. The number of ether oxygens (including phenoxy) is 2. The second kappa shape index (κ2) is 7.42. The largest absolute Gasteiger partial charge is 0.469 e. The molecule has 0 aliphatic carbocycles. The molecule has 6 nitrogen and oxygen atoms in total. The third kappa shape index (κ3) is 5.25. The number of nitrogens with zero attached hydrogens (tertiary/aromatic N) is 1. The van der Waals surface area contributed by atoms with Crippen LogP contribution in [0.3, 0.4) is 0 Å². The van der Waals surface area contributed by atoms with Crippen molar-refractivity contribution in [3.8, 4) is 0 Å². The maximum Gasteiger partial charge on any atom is 0.306 e. The van der Waals surface area contributed by atoms with Gasteiger partial charge in [-0.05, 0) is 40.5 Å². The predicted octanol–water partition coefficient (Wildman–Crippen LogP) is 1.50. The van der Waals surface area contributed by atoms with Crippen LogP contribution in [0.25, 0.3) is 0 Å². The molecule has 1 heterocycles. The van der Waals surface area contributed by atoms with Gasteiger partial charge in [0, 0.05) is 17.6 Å². The van der Waals surface area contributed by atoms with E-state index in [1.807, 2.05) is 0 Å². The molecule has 6 heteroatoms. The normalized spacial score (nSPS) is 21.4. The number of carbonyl (C=O) groups excluding carboxylic acids is 2. The van der Waals surface area contributed by atoms with Crippen LogP contribution in [-0.2, 0) is 19.1 Å². The molecule has 0 unspecified atom stereocenters. The maximum atomic E-state index is 11.6. The minimum atomic E-state index is -0.413. The lowest BCUT2D eigenvalue weighted by molar-refractivity contribution is -0.151. The Morgan fingerprint density at radius 1 is 1.09 bits per heavy atom. The number of hydrogen-bond acceptors (Lipinski definition) is 6. The van der Waals surface area contributed by atoms with E-state index in [9.17, 15) is 14.7 Å². The van der Waals surface area contributed by atoms with Crippen molar-refractivity contribution in [3.63, 3.8) is 0 Å². The van der Waals surface area contributed by atoms with Gasteiger partial charge in [-0.3, -0.25) is 14.5 Å². The average Bonchev–Trinajstić information content (AvgIpc) is 2.37. The zero-order chi connectivity index (χ0) is 17.0. The molecule has 0 spiro atoms. The van der Waals surface area contributed by atoms with Crippen molar-refractivity contribution in [2.75, 3.05) is 20.3 Å². The molecular formula is C16H29NO5. The van der Waals surface area contributed by atoms with Gasteiger partial charge in [0.2, 0.25) is 0 Å². The Labute approximate surface area is 132 Å². The highest BCUT2D eigenvalue weighted by Crippen LogP contribution is 2.37. The summed E-state index contributed by atoms with van der Waals surface area (Å²) in [5, 5.41) is 10.0. The van der Waals surface area contributed by atoms with Crippen LogP contribution < -0.4 is 0 Å². The van der Waals surface area contributed by atoms with Crippen LogP contribution in [0.15, 0.2) is 0 Å². The number of likely N-dealkylation sites (tertiary alicyclic amines) is 1. The minimum Gasteiger partial charge on any atom is -0.469 e. The van der Waals surface area contributed by atoms with E-state index in [1.54, 1.807) is 0 Å². The second-order valence-corrected chi connectivity index (χ2v) is 7.14. The first kappa shape index (κ1) is 18.9. The topological polar surface area (TPSA) is 76.1 Å². The molecule has 1 aliphatic rings. The van der Waals surface area contributed by atoms with E-state index >= 15 is 0 Å². The van der Waals surface area contributed by atoms with E-state index in [1.165, 1.54) is 7.11 Å². The number of methoxy groups -OCH3 is 1. The molecule has 0 saturated carbocycles. The number of carbonyl (C=O) groups is 2.